The highest BCUT2D eigenvalue weighted by Crippen LogP contribution is 2.26. The van der Waals surface area contributed by atoms with Crippen LogP contribution in [0, 0.1) is 5.92 Å². The second-order valence-electron chi connectivity index (χ2n) is 7.45. The summed E-state index contributed by atoms with van der Waals surface area (Å²) in [5, 5.41) is 9.73. The van der Waals surface area contributed by atoms with Crippen molar-refractivity contribution in [1.29, 1.82) is 0 Å². The first-order valence-corrected chi connectivity index (χ1v) is 10.6. The van der Waals surface area contributed by atoms with E-state index in [0.717, 1.165) is 29.9 Å². The molecular weight excluding hydrogens is 410 g/mol. The molecule has 1 heterocycles. The molecular formula is C25H24ClN3O2. The molecule has 1 unspecified atom stereocenters. The Hall–Kier alpha value is -3.31. The third-order valence-electron chi connectivity index (χ3n) is 5.35. The van der Waals surface area contributed by atoms with Gasteiger partial charge in [0.25, 0.3) is 0 Å². The van der Waals surface area contributed by atoms with Gasteiger partial charge in [0.1, 0.15) is 5.75 Å². The molecule has 158 valence electrons. The largest absolute Gasteiger partial charge is 0.497 e. The molecule has 3 aromatic carbocycles. The Kier molecular flexibility index (Phi) is 6.53. The van der Waals surface area contributed by atoms with Crippen molar-refractivity contribution in [2.75, 3.05) is 19.0 Å². The van der Waals surface area contributed by atoms with Crippen LogP contribution in [0.2, 0.25) is 5.02 Å². The zero-order valence-electron chi connectivity index (χ0n) is 17.3. The number of hydrogen-bond donors (Lipinski definition) is 1. The fourth-order valence-electron chi connectivity index (χ4n) is 3.67. The van der Waals surface area contributed by atoms with E-state index < -0.39 is 0 Å². The molecule has 0 saturated heterocycles. The van der Waals surface area contributed by atoms with Crippen LogP contribution in [0.25, 0.3) is 0 Å². The lowest BCUT2D eigenvalue weighted by atomic mass is 9.91. The van der Waals surface area contributed by atoms with Gasteiger partial charge in [0.15, 0.2) is 0 Å². The van der Waals surface area contributed by atoms with Crippen molar-refractivity contribution in [3.8, 4) is 5.75 Å². The fraction of sp³-hybridized carbons (Fsp3) is 0.200. The molecule has 6 heteroatoms. The Morgan fingerprint density at radius 2 is 1.77 bits per heavy atom. The van der Waals surface area contributed by atoms with Crippen LogP contribution >= 0.6 is 11.6 Å². The van der Waals surface area contributed by atoms with Gasteiger partial charge in [-0.15, -0.1) is 0 Å². The number of rotatable bonds is 6. The number of carbonyl (C=O) groups is 1. The van der Waals surface area contributed by atoms with Crippen molar-refractivity contribution in [2.24, 2.45) is 11.0 Å². The van der Waals surface area contributed by atoms with Gasteiger partial charge in [-0.25, -0.2) is 9.80 Å². The molecule has 0 bridgehead atoms. The van der Waals surface area contributed by atoms with Crippen LogP contribution in [0.1, 0.15) is 17.5 Å². The first-order chi connectivity index (χ1) is 15.1. The van der Waals surface area contributed by atoms with Crippen LogP contribution in [0.4, 0.5) is 10.5 Å². The van der Waals surface area contributed by atoms with Crippen molar-refractivity contribution in [3.05, 3.63) is 95.0 Å². The first-order valence-electron chi connectivity index (χ1n) is 10.2. The van der Waals surface area contributed by atoms with Gasteiger partial charge in [-0.05, 0) is 72.5 Å². The van der Waals surface area contributed by atoms with Gasteiger partial charge >= 0.3 is 6.03 Å². The summed E-state index contributed by atoms with van der Waals surface area (Å²) in [5.41, 5.74) is 3.88. The average molecular weight is 434 g/mol. The van der Waals surface area contributed by atoms with E-state index in [1.165, 1.54) is 10.6 Å². The summed E-state index contributed by atoms with van der Waals surface area (Å²) in [7, 11) is 1.65. The molecule has 3 aromatic rings. The minimum absolute atomic E-state index is 0.143. The zero-order chi connectivity index (χ0) is 21.6. The van der Waals surface area contributed by atoms with Crippen molar-refractivity contribution < 1.29 is 9.53 Å². The van der Waals surface area contributed by atoms with E-state index in [2.05, 4.69) is 17.4 Å². The van der Waals surface area contributed by atoms with Crippen LogP contribution in [0.3, 0.4) is 0 Å². The van der Waals surface area contributed by atoms with Crippen molar-refractivity contribution in [2.45, 2.75) is 12.8 Å². The molecule has 0 aliphatic carbocycles. The lowest BCUT2D eigenvalue weighted by molar-refractivity contribution is 0.215. The standard InChI is InChI=1S/C25H24ClN3O2/c1-31-23-15-9-19(10-16-23)24-20(8-7-18-5-3-2-4-6-18)17-29(28-24)25(30)27-22-13-11-21(26)12-14-22/h2-6,9-16,20H,7-8,17H2,1H3,(H,27,30). The average Bonchev–Trinajstić information content (AvgIpc) is 3.24. The minimum Gasteiger partial charge on any atom is -0.497 e. The maximum atomic E-state index is 12.9. The van der Waals surface area contributed by atoms with Crippen LogP contribution in [0.5, 0.6) is 5.75 Å². The summed E-state index contributed by atoms with van der Waals surface area (Å²) in [6.45, 7) is 0.535. The Bertz CT molecular complexity index is 1050. The Morgan fingerprint density at radius 3 is 2.45 bits per heavy atom. The van der Waals surface area contributed by atoms with E-state index in [-0.39, 0.29) is 11.9 Å². The summed E-state index contributed by atoms with van der Waals surface area (Å²) in [6.07, 6.45) is 1.83. The van der Waals surface area contributed by atoms with E-state index in [1.807, 2.05) is 42.5 Å². The van der Waals surface area contributed by atoms with E-state index in [4.69, 9.17) is 21.4 Å². The van der Waals surface area contributed by atoms with Gasteiger partial charge < -0.3 is 10.1 Å². The Labute approximate surface area is 187 Å². The number of methoxy groups -OCH3 is 1. The normalized spacial score (nSPS) is 15.5. The van der Waals surface area contributed by atoms with Crippen molar-refractivity contribution >= 4 is 29.0 Å². The van der Waals surface area contributed by atoms with Crippen LogP contribution in [0.15, 0.2) is 84.0 Å². The van der Waals surface area contributed by atoms with E-state index >= 15 is 0 Å². The summed E-state index contributed by atoms with van der Waals surface area (Å²) in [6, 6.07) is 25.0. The van der Waals surface area contributed by atoms with Crippen molar-refractivity contribution in [3.63, 3.8) is 0 Å². The molecule has 0 aromatic heterocycles. The number of anilines is 1. The van der Waals surface area contributed by atoms with Gasteiger partial charge in [0.2, 0.25) is 0 Å². The number of nitrogens with one attached hydrogen (secondary N) is 1. The van der Waals surface area contributed by atoms with E-state index in [1.54, 1.807) is 31.4 Å². The SMILES string of the molecule is COc1ccc(C2=NN(C(=O)Nc3ccc(Cl)cc3)CC2CCc2ccccc2)cc1. The molecule has 5 nitrogen and oxygen atoms in total. The number of carbonyl (C=O) groups excluding carboxylic acids is 1. The minimum atomic E-state index is -0.254. The van der Waals surface area contributed by atoms with Crippen LogP contribution < -0.4 is 10.1 Å². The molecule has 2 amide bonds. The van der Waals surface area contributed by atoms with Crippen LogP contribution in [-0.2, 0) is 6.42 Å². The fourth-order valence-corrected chi connectivity index (χ4v) is 3.79. The second-order valence-corrected chi connectivity index (χ2v) is 7.89. The predicted octanol–water partition coefficient (Wildman–Crippen LogP) is 5.85. The number of hydrogen-bond acceptors (Lipinski definition) is 3. The Balaban J connectivity index is 1.52. The Morgan fingerprint density at radius 1 is 1.06 bits per heavy atom. The molecule has 31 heavy (non-hydrogen) atoms. The van der Waals surface area contributed by atoms with Gasteiger partial charge in [-0.3, -0.25) is 0 Å². The number of nitrogens with zero attached hydrogens (tertiary/aromatic N) is 2. The number of aryl methyl sites for hydroxylation is 1. The monoisotopic (exact) mass is 433 g/mol. The number of ether oxygens (including phenoxy) is 1. The number of halogens is 1. The molecule has 1 N–H and O–H groups in total. The van der Waals surface area contributed by atoms with E-state index in [0.29, 0.717) is 17.3 Å². The molecule has 0 saturated carbocycles. The number of urea groups is 1. The van der Waals surface area contributed by atoms with Gasteiger partial charge in [0, 0.05) is 16.6 Å². The summed E-state index contributed by atoms with van der Waals surface area (Å²) in [4.78, 5) is 12.9. The van der Waals surface area contributed by atoms with Crippen LogP contribution in [-0.4, -0.2) is 30.4 Å². The van der Waals surface area contributed by atoms with Gasteiger partial charge in [-0.1, -0.05) is 41.9 Å². The second kappa shape index (κ2) is 9.67. The quantitative estimate of drug-likeness (QED) is 0.530. The zero-order valence-corrected chi connectivity index (χ0v) is 18.0. The predicted molar refractivity (Wildman–Crippen MR) is 125 cm³/mol. The maximum Gasteiger partial charge on any atom is 0.342 e. The third kappa shape index (κ3) is 5.25. The number of amides is 2. The summed E-state index contributed by atoms with van der Waals surface area (Å²) >= 11 is 5.93. The topological polar surface area (TPSA) is 53.9 Å². The number of hydrazone groups is 1. The molecule has 1 aliphatic rings. The first kappa shape index (κ1) is 20.9. The third-order valence-corrected chi connectivity index (χ3v) is 5.60. The smallest absolute Gasteiger partial charge is 0.342 e. The number of benzene rings is 3. The highest BCUT2D eigenvalue weighted by molar-refractivity contribution is 6.30. The molecule has 1 atom stereocenters. The lowest BCUT2D eigenvalue weighted by Gasteiger charge is -2.16. The summed E-state index contributed by atoms with van der Waals surface area (Å²) < 4.78 is 5.27. The maximum absolute atomic E-state index is 12.9. The molecule has 0 radical (unpaired) electrons. The highest BCUT2D eigenvalue weighted by Gasteiger charge is 2.31. The lowest BCUT2D eigenvalue weighted by Crippen LogP contribution is -2.30. The molecule has 0 fully saturated rings. The highest BCUT2D eigenvalue weighted by atomic mass is 35.5. The molecule has 4 rings (SSSR count). The van der Waals surface area contributed by atoms with Crippen molar-refractivity contribution in [1.82, 2.24) is 5.01 Å². The van der Waals surface area contributed by atoms with E-state index in [9.17, 15) is 4.79 Å². The van der Waals surface area contributed by atoms with Gasteiger partial charge in [0.05, 0.1) is 19.4 Å². The molecule has 0 spiro atoms. The molecule has 1 aliphatic heterocycles. The van der Waals surface area contributed by atoms with Gasteiger partial charge in [-0.2, -0.15) is 5.10 Å². The summed E-state index contributed by atoms with van der Waals surface area (Å²) in [5.74, 6) is 0.935.